The van der Waals surface area contributed by atoms with Gasteiger partial charge in [-0.2, -0.15) is 4.31 Å². The van der Waals surface area contributed by atoms with Crippen molar-refractivity contribution in [3.63, 3.8) is 0 Å². The van der Waals surface area contributed by atoms with E-state index in [-0.39, 0.29) is 30.5 Å². The molecular weight excluding hydrogens is 364 g/mol. The van der Waals surface area contributed by atoms with Gasteiger partial charge in [0.2, 0.25) is 10.0 Å². The minimum absolute atomic E-state index is 0.0676. The van der Waals surface area contributed by atoms with Gasteiger partial charge in [-0.1, -0.05) is 23.7 Å². The zero-order valence-corrected chi connectivity index (χ0v) is 15.5. The summed E-state index contributed by atoms with van der Waals surface area (Å²) in [5.41, 5.74) is 1.33. The van der Waals surface area contributed by atoms with Crippen molar-refractivity contribution in [3.05, 3.63) is 63.0 Å². The molecule has 0 amide bonds. The summed E-state index contributed by atoms with van der Waals surface area (Å²) in [4.78, 5) is 11.8. The maximum atomic E-state index is 12.4. The maximum Gasteiger partial charge on any atom is 0.254 e. The Bertz CT molecular complexity index is 932. The van der Waals surface area contributed by atoms with Gasteiger partial charge in [-0.15, -0.1) is 0 Å². The summed E-state index contributed by atoms with van der Waals surface area (Å²) in [5, 5.41) is 0.572. The number of pyridine rings is 1. The molecule has 0 radical (unpaired) electrons. The highest BCUT2D eigenvalue weighted by molar-refractivity contribution is 7.88. The van der Waals surface area contributed by atoms with Gasteiger partial charge in [-0.05, 0) is 30.7 Å². The number of sulfonamides is 1. The van der Waals surface area contributed by atoms with Gasteiger partial charge in [0.1, 0.15) is 11.9 Å². The fourth-order valence-electron chi connectivity index (χ4n) is 2.58. The molecule has 0 spiro atoms. The molecule has 1 aromatic carbocycles. The summed E-state index contributed by atoms with van der Waals surface area (Å²) in [5.74, 6) is 0.405. The lowest BCUT2D eigenvalue weighted by Gasteiger charge is -2.37. The molecule has 8 heteroatoms. The Balaban J connectivity index is 1.60. The summed E-state index contributed by atoms with van der Waals surface area (Å²) in [6, 6.07) is 9.94. The van der Waals surface area contributed by atoms with Gasteiger partial charge in [-0.3, -0.25) is 4.79 Å². The van der Waals surface area contributed by atoms with E-state index in [1.165, 1.54) is 14.9 Å². The lowest BCUT2D eigenvalue weighted by molar-refractivity contribution is 0.0758. The minimum atomic E-state index is -3.39. The predicted octanol–water partition coefficient (Wildman–Crippen LogP) is 1.94. The van der Waals surface area contributed by atoms with E-state index in [9.17, 15) is 13.2 Å². The first kappa shape index (κ1) is 18.0. The molecule has 1 saturated heterocycles. The molecule has 0 unspecified atom stereocenters. The average Bonchev–Trinajstić information content (AvgIpc) is 2.50. The first-order valence-corrected chi connectivity index (χ1v) is 9.80. The lowest BCUT2D eigenvalue weighted by atomic mass is 10.2. The standard InChI is InChI=1S/C17H19ClN2O4S/c1-12-7-15(8-17(21)19(12)2)24-16-9-20(10-16)25(22,23)11-13-3-5-14(18)6-4-13/h3-8,16H,9-11H2,1-2H3. The van der Waals surface area contributed by atoms with Crippen molar-refractivity contribution < 1.29 is 13.2 Å². The predicted molar refractivity (Wildman–Crippen MR) is 96.5 cm³/mol. The van der Waals surface area contributed by atoms with Crippen molar-refractivity contribution in [1.29, 1.82) is 0 Å². The average molecular weight is 383 g/mol. The summed E-state index contributed by atoms with van der Waals surface area (Å²) in [6.07, 6.45) is -0.244. The van der Waals surface area contributed by atoms with Crippen LogP contribution in [-0.4, -0.2) is 36.5 Å². The summed E-state index contributed by atoms with van der Waals surface area (Å²) >= 11 is 5.81. The molecule has 0 N–H and O–H groups in total. The monoisotopic (exact) mass is 382 g/mol. The Morgan fingerprint density at radius 3 is 2.44 bits per heavy atom. The molecule has 3 rings (SSSR count). The molecule has 0 aliphatic carbocycles. The quantitative estimate of drug-likeness (QED) is 0.792. The molecule has 1 fully saturated rings. The van der Waals surface area contributed by atoms with Crippen LogP contribution in [0.1, 0.15) is 11.3 Å². The second-order valence-electron chi connectivity index (χ2n) is 6.17. The number of benzene rings is 1. The fourth-order valence-corrected chi connectivity index (χ4v) is 4.29. The van der Waals surface area contributed by atoms with Gasteiger partial charge in [-0.25, -0.2) is 8.42 Å². The van der Waals surface area contributed by atoms with Gasteiger partial charge in [0.25, 0.3) is 5.56 Å². The van der Waals surface area contributed by atoms with Crippen LogP contribution >= 0.6 is 11.6 Å². The molecule has 0 atom stereocenters. The second-order valence-corrected chi connectivity index (χ2v) is 8.57. The summed E-state index contributed by atoms with van der Waals surface area (Å²) in [6.45, 7) is 2.38. The highest BCUT2D eigenvalue weighted by Gasteiger charge is 2.37. The van der Waals surface area contributed by atoms with Gasteiger partial charge in [0, 0.05) is 23.8 Å². The van der Waals surface area contributed by atoms with Crippen molar-refractivity contribution in [2.75, 3.05) is 13.1 Å². The van der Waals surface area contributed by atoms with Gasteiger partial charge < -0.3 is 9.30 Å². The van der Waals surface area contributed by atoms with E-state index < -0.39 is 10.0 Å². The number of hydrogen-bond donors (Lipinski definition) is 0. The first-order valence-electron chi connectivity index (χ1n) is 7.81. The van der Waals surface area contributed by atoms with Crippen LogP contribution in [-0.2, 0) is 22.8 Å². The Morgan fingerprint density at radius 1 is 1.20 bits per heavy atom. The van der Waals surface area contributed by atoms with E-state index in [1.807, 2.05) is 6.92 Å². The molecule has 1 aromatic heterocycles. The van der Waals surface area contributed by atoms with Crippen LogP contribution in [0.25, 0.3) is 0 Å². The van der Waals surface area contributed by atoms with Gasteiger partial charge >= 0.3 is 0 Å². The zero-order chi connectivity index (χ0) is 18.2. The highest BCUT2D eigenvalue weighted by Crippen LogP contribution is 2.23. The number of ether oxygens (including phenoxy) is 1. The van der Waals surface area contributed by atoms with Crippen LogP contribution in [0.3, 0.4) is 0 Å². The number of rotatable bonds is 5. The third-order valence-electron chi connectivity index (χ3n) is 4.25. The van der Waals surface area contributed by atoms with Crippen LogP contribution in [0.4, 0.5) is 0 Å². The number of nitrogens with zero attached hydrogens (tertiary/aromatic N) is 2. The number of aromatic nitrogens is 1. The van der Waals surface area contributed by atoms with Crippen molar-refractivity contribution in [3.8, 4) is 5.75 Å². The van der Waals surface area contributed by atoms with Crippen LogP contribution in [0, 0.1) is 6.92 Å². The van der Waals surface area contributed by atoms with Crippen LogP contribution < -0.4 is 10.3 Å². The van der Waals surface area contributed by atoms with E-state index in [0.717, 1.165) is 5.69 Å². The molecule has 0 saturated carbocycles. The molecule has 0 bridgehead atoms. The molecular formula is C17H19ClN2O4S. The number of hydrogen-bond acceptors (Lipinski definition) is 4. The second kappa shape index (κ2) is 6.82. The third kappa shape index (κ3) is 4.05. The molecule has 2 heterocycles. The first-order chi connectivity index (χ1) is 11.7. The van der Waals surface area contributed by atoms with Crippen molar-refractivity contribution in [2.24, 2.45) is 7.05 Å². The van der Waals surface area contributed by atoms with E-state index in [2.05, 4.69) is 0 Å². The molecule has 134 valence electrons. The smallest absolute Gasteiger partial charge is 0.254 e. The van der Waals surface area contributed by atoms with Crippen molar-refractivity contribution >= 4 is 21.6 Å². The van der Waals surface area contributed by atoms with Crippen LogP contribution in [0.15, 0.2) is 41.2 Å². The third-order valence-corrected chi connectivity index (χ3v) is 6.28. The van der Waals surface area contributed by atoms with Gasteiger partial charge in [0.15, 0.2) is 0 Å². The highest BCUT2D eigenvalue weighted by atomic mass is 35.5. The number of aryl methyl sites for hydroxylation is 1. The fraction of sp³-hybridized carbons (Fsp3) is 0.353. The van der Waals surface area contributed by atoms with Crippen molar-refractivity contribution in [2.45, 2.75) is 18.8 Å². The topological polar surface area (TPSA) is 68.6 Å². The molecule has 6 nitrogen and oxygen atoms in total. The minimum Gasteiger partial charge on any atom is -0.487 e. The van der Waals surface area contributed by atoms with Crippen LogP contribution in [0.5, 0.6) is 5.75 Å². The Labute approximate surface area is 151 Å². The largest absolute Gasteiger partial charge is 0.487 e. The number of halogens is 1. The SMILES string of the molecule is Cc1cc(OC2CN(S(=O)(=O)Cc3ccc(Cl)cc3)C2)cc(=O)n1C. The lowest BCUT2D eigenvalue weighted by Crippen LogP contribution is -2.56. The molecule has 2 aromatic rings. The summed E-state index contributed by atoms with van der Waals surface area (Å²) < 4.78 is 33.4. The van der Waals surface area contributed by atoms with Crippen molar-refractivity contribution in [1.82, 2.24) is 8.87 Å². The van der Waals surface area contributed by atoms with Gasteiger partial charge in [0.05, 0.1) is 18.8 Å². The van der Waals surface area contributed by atoms with E-state index in [1.54, 1.807) is 37.4 Å². The Hall–Kier alpha value is -1.83. The Kier molecular flexibility index (Phi) is 4.90. The van der Waals surface area contributed by atoms with E-state index in [0.29, 0.717) is 16.3 Å². The normalized spacial score (nSPS) is 15.8. The van der Waals surface area contributed by atoms with E-state index in [4.69, 9.17) is 16.3 Å². The maximum absolute atomic E-state index is 12.4. The zero-order valence-electron chi connectivity index (χ0n) is 14.0. The molecule has 1 aliphatic heterocycles. The van der Waals surface area contributed by atoms with E-state index >= 15 is 0 Å². The Morgan fingerprint density at radius 2 is 1.84 bits per heavy atom. The molecule has 1 aliphatic rings. The summed E-state index contributed by atoms with van der Waals surface area (Å²) in [7, 11) is -1.70. The molecule has 25 heavy (non-hydrogen) atoms. The van der Waals surface area contributed by atoms with Crippen LogP contribution in [0.2, 0.25) is 5.02 Å².